The molecule has 0 aromatic rings. The molecule has 1 saturated heterocycles. The Bertz CT molecular complexity index is 187. The lowest BCUT2D eigenvalue weighted by Crippen LogP contribution is -2.56. The van der Waals surface area contributed by atoms with E-state index in [1.165, 1.54) is 32.4 Å². The number of nitrogens with one attached hydrogen (secondary N) is 1. The van der Waals surface area contributed by atoms with Gasteiger partial charge in [0.05, 0.1) is 0 Å². The van der Waals surface area contributed by atoms with Gasteiger partial charge in [0.2, 0.25) is 0 Å². The molecule has 1 aliphatic rings. The number of hydrogen-bond acceptors (Lipinski definition) is 3. The van der Waals surface area contributed by atoms with Crippen molar-refractivity contribution in [3.63, 3.8) is 0 Å². The molecule has 1 rings (SSSR count). The first-order chi connectivity index (χ1) is 8.31. The van der Waals surface area contributed by atoms with E-state index in [-0.39, 0.29) is 0 Å². The van der Waals surface area contributed by atoms with E-state index in [2.05, 4.69) is 31.0 Å². The van der Waals surface area contributed by atoms with Crippen LogP contribution in [-0.4, -0.2) is 49.8 Å². The van der Waals surface area contributed by atoms with Gasteiger partial charge in [0.25, 0.3) is 0 Å². The molecule has 0 saturated carbocycles. The van der Waals surface area contributed by atoms with Gasteiger partial charge in [-0.25, -0.2) is 0 Å². The monoisotopic (exact) mass is 242 g/mol. The zero-order valence-electron chi connectivity index (χ0n) is 11.9. The topological polar surface area (TPSA) is 24.5 Å². The molecule has 0 aromatic carbocycles. The van der Waals surface area contributed by atoms with Gasteiger partial charge in [0.1, 0.15) is 0 Å². The fourth-order valence-electron chi connectivity index (χ4n) is 2.49. The van der Waals surface area contributed by atoms with E-state index < -0.39 is 0 Å². The van der Waals surface area contributed by atoms with Gasteiger partial charge in [-0.1, -0.05) is 20.8 Å². The third-order valence-electron chi connectivity index (χ3n) is 3.66. The summed E-state index contributed by atoms with van der Waals surface area (Å²) >= 11 is 0. The Morgan fingerprint density at radius 3 is 2.65 bits per heavy atom. The quantitative estimate of drug-likeness (QED) is 0.661. The first-order valence-corrected chi connectivity index (χ1v) is 7.36. The standard InChI is InChI=1S/C14H30N2O/c1-4-9-17-10-7-8-16-12-13(5-2)15-11-14(16)6-3/h13-15H,4-12H2,1-3H3. The average Bonchev–Trinajstić information content (AvgIpc) is 2.38. The van der Waals surface area contributed by atoms with Crippen molar-refractivity contribution < 1.29 is 4.74 Å². The van der Waals surface area contributed by atoms with Crippen LogP contribution in [0.1, 0.15) is 46.5 Å². The fourth-order valence-corrected chi connectivity index (χ4v) is 2.49. The van der Waals surface area contributed by atoms with Crippen LogP contribution in [0.25, 0.3) is 0 Å². The van der Waals surface area contributed by atoms with E-state index in [4.69, 9.17) is 4.74 Å². The predicted octanol–water partition coefficient (Wildman–Crippen LogP) is 2.27. The van der Waals surface area contributed by atoms with Gasteiger partial charge >= 0.3 is 0 Å². The molecule has 3 nitrogen and oxygen atoms in total. The van der Waals surface area contributed by atoms with Crippen molar-refractivity contribution in [2.45, 2.75) is 58.5 Å². The van der Waals surface area contributed by atoms with Crippen molar-refractivity contribution in [1.29, 1.82) is 0 Å². The van der Waals surface area contributed by atoms with E-state index >= 15 is 0 Å². The van der Waals surface area contributed by atoms with Crippen LogP contribution in [-0.2, 0) is 4.74 Å². The number of nitrogens with zero attached hydrogens (tertiary/aromatic N) is 1. The molecule has 0 radical (unpaired) electrons. The summed E-state index contributed by atoms with van der Waals surface area (Å²) in [6.45, 7) is 12.1. The summed E-state index contributed by atoms with van der Waals surface area (Å²) in [6.07, 6.45) is 4.79. The van der Waals surface area contributed by atoms with Gasteiger partial charge < -0.3 is 10.1 Å². The highest BCUT2D eigenvalue weighted by molar-refractivity contribution is 4.84. The number of rotatable bonds is 8. The maximum absolute atomic E-state index is 5.55. The summed E-state index contributed by atoms with van der Waals surface area (Å²) in [5.74, 6) is 0. The Hall–Kier alpha value is -0.120. The summed E-state index contributed by atoms with van der Waals surface area (Å²) in [7, 11) is 0. The van der Waals surface area contributed by atoms with Gasteiger partial charge in [0, 0.05) is 44.9 Å². The molecule has 17 heavy (non-hydrogen) atoms. The minimum Gasteiger partial charge on any atom is -0.381 e. The van der Waals surface area contributed by atoms with Crippen LogP contribution in [0.5, 0.6) is 0 Å². The van der Waals surface area contributed by atoms with Crippen LogP contribution in [0.2, 0.25) is 0 Å². The van der Waals surface area contributed by atoms with E-state index in [0.29, 0.717) is 6.04 Å². The Balaban J connectivity index is 2.21. The minimum absolute atomic E-state index is 0.689. The highest BCUT2D eigenvalue weighted by atomic mass is 16.5. The summed E-state index contributed by atoms with van der Waals surface area (Å²) in [5.41, 5.74) is 0. The van der Waals surface area contributed by atoms with E-state index in [1.807, 2.05) is 0 Å². The third-order valence-corrected chi connectivity index (χ3v) is 3.66. The second-order valence-electron chi connectivity index (χ2n) is 5.04. The minimum atomic E-state index is 0.689. The number of piperazine rings is 1. The van der Waals surface area contributed by atoms with Crippen LogP contribution >= 0.6 is 0 Å². The summed E-state index contributed by atoms with van der Waals surface area (Å²) < 4.78 is 5.55. The van der Waals surface area contributed by atoms with Gasteiger partial charge in [0.15, 0.2) is 0 Å². The predicted molar refractivity (Wildman–Crippen MR) is 73.5 cm³/mol. The summed E-state index contributed by atoms with van der Waals surface area (Å²) in [4.78, 5) is 2.65. The van der Waals surface area contributed by atoms with Crippen LogP contribution in [0.4, 0.5) is 0 Å². The SMILES string of the molecule is CCCOCCCN1CC(CC)NCC1CC. The van der Waals surface area contributed by atoms with Crippen LogP contribution in [0.15, 0.2) is 0 Å². The fraction of sp³-hybridized carbons (Fsp3) is 1.00. The smallest absolute Gasteiger partial charge is 0.0478 e. The third kappa shape index (κ3) is 5.36. The van der Waals surface area contributed by atoms with Gasteiger partial charge in [-0.15, -0.1) is 0 Å². The Kier molecular flexibility index (Phi) is 7.82. The zero-order valence-corrected chi connectivity index (χ0v) is 11.9. The normalized spacial score (nSPS) is 26.3. The van der Waals surface area contributed by atoms with Gasteiger partial charge in [-0.3, -0.25) is 4.90 Å². The molecule has 0 amide bonds. The molecule has 0 aromatic heterocycles. The molecule has 1 fully saturated rings. The molecular formula is C14H30N2O. The van der Waals surface area contributed by atoms with Crippen molar-refractivity contribution >= 4 is 0 Å². The lowest BCUT2D eigenvalue weighted by atomic mass is 10.1. The molecule has 102 valence electrons. The molecule has 2 atom stereocenters. The zero-order chi connectivity index (χ0) is 12.5. The molecule has 1 heterocycles. The molecule has 1 N–H and O–H groups in total. The lowest BCUT2D eigenvalue weighted by Gasteiger charge is -2.40. The maximum atomic E-state index is 5.55. The van der Waals surface area contributed by atoms with Crippen molar-refractivity contribution in [3.8, 4) is 0 Å². The Labute approximate surface area is 107 Å². The van der Waals surface area contributed by atoms with Crippen LogP contribution in [0.3, 0.4) is 0 Å². The molecule has 0 aliphatic carbocycles. The van der Waals surface area contributed by atoms with Crippen molar-refractivity contribution in [3.05, 3.63) is 0 Å². The van der Waals surface area contributed by atoms with E-state index in [1.54, 1.807) is 0 Å². The molecular weight excluding hydrogens is 212 g/mol. The molecule has 2 unspecified atom stereocenters. The molecule has 0 spiro atoms. The molecule has 0 bridgehead atoms. The molecule has 3 heteroatoms. The summed E-state index contributed by atoms with van der Waals surface area (Å²) in [5, 5.41) is 3.64. The first-order valence-electron chi connectivity index (χ1n) is 7.36. The maximum Gasteiger partial charge on any atom is 0.0478 e. The second kappa shape index (κ2) is 8.90. The lowest BCUT2D eigenvalue weighted by molar-refractivity contribution is 0.0903. The largest absolute Gasteiger partial charge is 0.381 e. The Morgan fingerprint density at radius 1 is 1.18 bits per heavy atom. The number of ether oxygens (including phenoxy) is 1. The summed E-state index contributed by atoms with van der Waals surface area (Å²) in [6, 6.07) is 1.42. The van der Waals surface area contributed by atoms with E-state index in [0.717, 1.165) is 32.2 Å². The highest BCUT2D eigenvalue weighted by Gasteiger charge is 2.24. The van der Waals surface area contributed by atoms with Crippen LogP contribution < -0.4 is 5.32 Å². The second-order valence-corrected chi connectivity index (χ2v) is 5.04. The highest BCUT2D eigenvalue weighted by Crippen LogP contribution is 2.12. The van der Waals surface area contributed by atoms with Gasteiger partial charge in [-0.05, 0) is 25.7 Å². The Morgan fingerprint density at radius 2 is 2.00 bits per heavy atom. The van der Waals surface area contributed by atoms with Crippen molar-refractivity contribution in [2.75, 3.05) is 32.8 Å². The first kappa shape index (κ1) is 14.9. The average molecular weight is 242 g/mol. The number of hydrogen-bond donors (Lipinski definition) is 1. The molecule has 1 aliphatic heterocycles. The van der Waals surface area contributed by atoms with Crippen molar-refractivity contribution in [1.82, 2.24) is 10.2 Å². The van der Waals surface area contributed by atoms with Gasteiger partial charge in [-0.2, -0.15) is 0 Å². The van der Waals surface area contributed by atoms with Crippen LogP contribution in [0, 0.1) is 0 Å². The van der Waals surface area contributed by atoms with Crippen molar-refractivity contribution in [2.24, 2.45) is 0 Å². The van der Waals surface area contributed by atoms with E-state index in [9.17, 15) is 0 Å².